The number of carbonyl (C=O) groups excluding carboxylic acids is 1. The van der Waals surface area contributed by atoms with E-state index in [1.807, 2.05) is 0 Å². The number of rotatable bonds is 2. The Morgan fingerprint density at radius 3 is 2.85 bits per heavy atom. The van der Waals surface area contributed by atoms with E-state index in [0.29, 0.717) is 5.92 Å². The van der Waals surface area contributed by atoms with E-state index in [-0.39, 0.29) is 18.1 Å². The first kappa shape index (κ1) is 13.6. The number of ether oxygens (including phenoxy) is 1. The van der Waals surface area contributed by atoms with Crippen molar-refractivity contribution in [3.63, 3.8) is 0 Å². The molecule has 0 radical (unpaired) electrons. The second-order valence-corrected chi connectivity index (χ2v) is 6.17. The molecule has 0 aliphatic carbocycles. The fraction of sp³-hybridized carbons (Fsp3) is 0.588. The van der Waals surface area contributed by atoms with Crippen molar-refractivity contribution >= 4 is 5.91 Å². The van der Waals surface area contributed by atoms with Crippen LogP contribution in [0.5, 0.6) is 0 Å². The third-order valence-electron chi connectivity index (χ3n) is 4.45. The second kappa shape index (κ2) is 5.57. The molecule has 0 saturated carbocycles. The van der Waals surface area contributed by atoms with Crippen molar-refractivity contribution in [3.8, 4) is 0 Å². The predicted molar refractivity (Wildman–Crippen MR) is 78.4 cm³/mol. The molecule has 1 saturated heterocycles. The van der Waals surface area contributed by atoms with Crippen molar-refractivity contribution < 1.29 is 9.53 Å². The highest BCUT2D eigenvalue weighted by Crippen LogP contribution is 2.36. The van der Waals surface area contributed by atoms with Crippen molar-refractivity contribution in [2.75, 3.05) is 13.2 Å². The lowest BCUT2D eigenvalue weighted by Gasteiger charge is -2.40. The summed E-state index contributed by atoms with van der Waals surface area (Å²) in [6.45, 7) is 5.94. The van der Waals surface area contributed by atoms with Crippen molar-refractivity contribution in [3.05, 3.63) is 35.4 Å². The molecule has 3 rings (SSSR count). The molecule has 0 aromatic heterocycles. The van der Waals surface area contributed by atoms with E-state index in [4.69, 9.17) is 4.74 Å². The van der Waals surface area contributed by atoms with Crippen molar-refractivity contribution in [2.45, 2.75) is 45.3 Å². The predicted octanol–water partition coefficient (Wildman–Crippen LogP) is 2.95. The molecule has 3 nitrogen and oxygen atoms in total. The molecule has 0 bridgehead atoms. The molecule has 3 heteroatoms. The maximum atomic E-state index is 12.7. The number of amides is 1. The van der Waals surface area contributed by atoms with E-state index < -0.39 is 0 Å². The first-order valence-electron chi connectivity index (χ1n) is 7.68. The van der Waals surface area contributed by atoms with Gasteiger partial charge in [-0.1, -0.05) is 38.1 Å². The lowest BCUT2D eigenvalue weighted by molar-refractivity contribution is -0.145. The van der Waals surface area contributed by atoms with Gasteiger partial charge in [-0.15, -0.1) is 0 Å². The second-order valence-electron chi connectivity index (χ2n) is 6.17. The van der Waals surface area contributed by atoms with E-state index in [0.717, 1.165) is 32.4 Å². The van der Waals surface area contributed by atoms with Crippen LogP contribution in [0.2, 0.25) is 0 Å². The average Bonchev–Trinajstić information content (AvgIpc) is 2.99. The largest absolute Gasteiger partial charge is 0.368 e. The summed E-state index contributed by atoms with van der Waals surface area (Å²) in [4.78, 5) is 14.8. The van der Waals surface area contributed by atoms with Crippen LogP contribution < -0.4 is 0 Å². The van der Waals surface area contributed by atoms with Gasteiger partial charge in [-0.3, -0.25) is 4.79 Å². The van der Waals surface area contributed by atoms with E-state index in [2.05, 4.69) is 43.0 Å². The van der Waals surface area contributed by atoms with Crippen LogP contribution in [-0.4, -0.2) is 30.1 Å². The Hall–Kier alpha value is -1.35. The number of fused-ring (bicyclic) bond motifs is 1. The van der Waals surface area contributed by atoms with Crippen molar-refractivity contribution in [1.82, 2.24) is 4.90 Å². The van der Waals surface area contributed by atoms with Crippen LogP contribution in [0.15, 0.2) is 24.3 Å². The summed E-state index contributed by atoms with van der Waals surface area (Å²) in [6.07, 6.45) is 2.63. The van der Waals surface area contributed by atoms with Gasteiger partial charge in [-0.2, -0.15) is 0 Å². The van der Waals surface area contributed by atoms with Crippen LogP contribution in [0.4, 0.5) is 0 Å². The van der Waals surface area contributed by atoms with E-state index in [1.165, 1.54) is 11.1 Å². The van der Waals surface area contributed by atoms with Crippen LogP contribution in [0.1, 0.15) is 43.9 Å². The molecule has 0 N–H and O–H groups in total. The summed E-state index contributed by atoms with van der Waals surface area (Å²) in [5.41, 5.74) is 2.71. The molecule has 2 unspecified atom stereocenters. The fourth-order valence-electron chi connectivity index (χ4n) is 3.52. The molecule has 2 heterocycles. The molecule has 2 aliphatic heterocycles. The highest BCUT2D eigenvalue weighted by Gasteiger charge is 2.37. The van der Waals surface area contributed by atoms with E-state index >= 15 is 0 Å². The molecule has 1 fully saturated rings. The van der Waals surface area contributed by atoms with Crippen LogP contribution in [0, 0.1) is 5.92 Å². The standard InChI is InChI=1S/C17H23NO2/c1-12(2)16-14-7-4-3-6-13(14)9-10-18(16)17(19)15-8-5-11-20-15/h3-4,6-7,12,15-16H,5,8-11H2,1-2H3. The first-order valence-corrected chi connectivity index (χ1v) is 7.68. The average molecular weight is 273 g/mol. The highest BCUT2D eigenvalue weighted by atomic mass is 16.5. The molecule has 2 aliphatic rings. The van der Waals surface area contributed by atoms with Crippen molar-refractivity contribution in [1.29, 1.82) is 0 Å². The Morgan fingerprint density at radius 1 is 1.35 bits per heavy atom. The van der Waals surface area contributed by atoms with Gasteiger partial charge >= 0.3 is 0 Å². The molecular weight excluding hydrogens is 250 g/mol. The zero-order chi connectivity index (χ0) is 14.1. The summed E-state index contributed by atoms with van der Waals surface area (Å²) >= 11 is 0. The topological polar surface area (TPSA) is 29.5 Å². The number of nitrogens with zero attached hydrogens (tertiary/aromatic N) is 1. The van der Waals surface area contributed by atoms with E-state index in [1.54, 1.807) is 0 Å². The maximum Gasteiger partial charge on any atom is 0.252 e. The lowest BCUT2D eigenvalue weighted by atomic mass is 9.86. The molecule has 2 atom stereocenters. The third-order valence-corrected chi connectivity index (χ3v) is 4.45. The first-order chi connectivity index (χ1) is 9.68. The normalized spacial score (nSPS) is 25.9. The molecule has 20 heavy (non-hydrogen) atoms. The monoisotopic (exact) mass is 273 g/mol. The zero-order valence-electron chi connectivity index (χ0n) is 12.3. The van der Waals surface area contributed by atoms with Gasteiger partial charge < -0.3 is 9.64 Å². The Morgan fingerprint density at radius 2 is 2.15 bits per heavy atom. The summed E-state index contributed by atoms with van der Waals surface area (Å²) < 4.78 is 5.59. The minimum absolute atomic E-state index is 0.190. The molecule has 0 spiro atoms. The number of hydrogen-bond donors (Lipinski definition) is 0. The Kier molecular flexibility index (Phi) is 3.79. The summed E-state index contributed by atoms with van der Waals surface area (Å²) in [5, 5.41) is 0. The molecule has 108 valence electrons. The highest BCUT2D eigenvalue weighted by molar-refractivity contribution is 5.82. The molecule has 1 amide bonds. The van der Waals surface area contributed by atoms with Crippen molar-refractivity contribution in [2.24, 2.45) is 5.92 Å². The molecule has 1 aromatic carbocycles. The summed E-state index contributed by atoms with van der Waals surface area (Å²) in [6, 6.07) is 8.73. The summed E-state index contributed by atoms with van der Waals surface area (Å²) in [5.74, 6) is 0.609. The number of hydrogen-bond acceptors (Lipinski definition) is 2. The SMILES string of the molecule is CC(C)C1c2ccccc2CCN1C(=O)C1CCCO1. The number of carbonyl (C=O) groups is 1. The van der Waals surface area contributed by atoms with Gasteiger partial charge in [0.15, 0.2) is 0 Å². The van der Waals surface area contributed by atoms with Crippen LogP contribution in [0.25, 0.3) is 0 Å². The summed E-state index contributed by atoms with van der Waals surface area (Å²) in [7, 11) is 0. The smallest absolute Gasteiger partial charge is 0.252 e. The number of benzene rings is 1. The van der Waals surface area contributed by atoms with Gasteiger partial charge in [-0.25, -0.2) is 0 Å². The van der Waals surface area contributed by atoms with Gasteiger partial charge in [-0.05, 0) is 36.3 Å². The quantitative estimate of drug-likeness (QED) is 0.829. The van der Waals surface area contributed by atoms with Gasteiger partial charge in [0.1, 0.15) is 6.10 Å². The van der Waals surface area contributed by atoms with Gasteiger partial charge in [0, 0.05) is 13.2 Å². The Bertz CT molecular complexity index is 492. The van der Waals surface area contributed by atoms with Crippen LogP contribution >= 0.6 is 0 Å². The van der Waals surface area contributed by atoms with Gasteiger partial charge in [0.2, 0.25) is 0 Å². The minimum atomic E-state index is -0.207. The Labute approximate surface area is 120 Å². The third kappa shape index (κ3) is 2.35. The lowest BCUT2D eigenvalue weighted by Crippen LogP contribution is -2.46. The van der Waals surface area contributed by atoms with Crippen LogP contribution in [-0.2, 0) is 16.0 Å². The molecular formula is C17H23NO2. The van der Waals surface area contributed by atoms with Crippen LogP contribution in [0.3, 0.4) is 0 Å². The maximum absolute atomic E-state index is 12.7. The zero-order valence-corrected chi connectivity index (χ0v) is 12.3. The van der Waals surface area contributed by atoms with E-state index in [9.17, 15) is 4.79 Å². The Balaban J connectivity index is 1.90. The van der Waals surface area contributed by atoms with Gasteiger partial charge in [0.05, 0.1) is 6.04 Å². The molecule has 1 aromatic rings. The van der Waals surface area contributed by atoms with Gasteiger partial charge in [0.25, 0.3) is 5.91 Å². The minimum Gasteiger partial charge on any atom is -0.368 e. The fourth-order valence-corrected chi connectivity index (χ4v) is 3.52.